The van der Waals surface area contributed by atoms with Crippen molar-refractivity contribution >= 4 is 18.9 Å². The lowest BCUT2D eigenvalue weighted by Crippen LogP contribution is -2.35. The Morgan fingerprint density at radius 2 is 2.00 bits per heavy atom. The molecule has 5 nitrogen and oxygen atoms in total. The first-order valence-electron chi connectivity index (χ1n) is 2.14. The van der Waals surface area contributed by atoms with Gasteiger partial charge in [0.05, 0.1) is 0 Å². The first kappa shape index (κ1) is 11.4. The van der Waals surface area contributed by atoms with Crippen LogP contribution < -0.4 is 5.32 Å². The number of nitrogens with zero attached hydrogens (tertiary/aromatic N) is 1. The molecule has 0 aromatic heterocycles. The number of urea groups is 1. The van der Waals surface area contributed by atoms with E-state index in [0.717, 1.165) is 0 Å². The molecule has 0 aromatic rings. The Morgan fingerprint density at radius 3 is 2.30 bits per heavy atom. The first-order valence-corrected chi connectivity index (χ1v) is 2.14. The molecule has 0 aliphatic rings. The number of imide groups is 2. The Hall–Kier alpha value is -1.39. The van der Waals surface area contributed by atoms with Crippen LogP contribution in [0.3, 0.4) is 0 Å². The molecular formula is C5H10N2O3. The fraction of sp³-hybridized carbons (Fsp3) is 0.400. The van der Waals surface area contributed by atoms with Gasteiger partial charge in [0.2, 0.25) is 12.8 Å². The molecule has 0 heterocycles. The second kappa shape index (κ2) is 5.74. The summed E-state index contributed by atoms with van der Waals surface area (Å²) in [4.78, 5) is 30.4. The maximum atomic E-state index is 10.3. The largest absolute Gasteiger partial charge is 0.330 e. The summed E-state index contributed by atoms with van der Waals surface area (Å²) in [5.74, 6) is 0. The molecule has 0 radical (unpaired) electrons. The number of carbonyl (C=O) groups is 3. The minimum atomic E-state index is -0.736. The van der Waals surface area contributed by atoms with Crippen molar-refractivity contribution in [2.75, 3.05) is 7.05 Å². The highest BCUT2D eigenvalue weighted by Crippen LogP contribution is 1.73. The van der Waals surface area contributed by atoms with E-state index in [9.17, 15) is 14.4 Å². The van der Waals surface area contributed by atoms with Crippen molar-refractivity contribution in [3.8, 4) is 0 Å². The molecule has 0 unspecified atom stereocenters. The van der Waals surface area contributed by atoms with Crippen molar-refractivity contribution in [3.63, 3.8) is 0 Å². The molecule has 0 fully saturated rings. The zero-order chi connectivity index (χ0) is 7.28. The smallest absolute Gasteiger partial charge is 0.280 e. The van der Waals surface area contributed by atoms with Crippen LogP contribution in [0.1, 0.15) is 7.43 Å². The summed E-state index contributed by atoms with van der Waals surface area (Å²) >= 11 is 0. The summed E-state index contributed by atoms with van der Waals surface area (Å²) in [6.07, 6.45) is 0.515. The van der Waals surface area contributed by atoms with Crippen LogP contribution in [-0.2, 0) is 9.59 Å². The summed E-state index contributed by atoms with van der Waals surface area (Å²) in [5, 5.41) is 1.77. The molecule has 58 valence electrons. The Balaban J connectivity index is 0. The van der Waals surface area contributed by atoms with E-state index in [4.69, 9.17) is 0 Å². The van der Waals surface area contributed by atoms with Gasteiger partial charge in [-0.3, -0.25) is 19.8 Å². The van der Waals surface area contributed by atoms with Crippen LogP contribution in [0.5, 0.6) is 0 Å². The van der Waals surface area contributed by atoms with Gasteiger partial charge in [-0.1, -0.05) is 7.43 Å². The standard InChI is InChI=1S/C4H6N2O3.CH4/c1-6(3-8)4(9)5-2-7;/h2-3H,1H3,(H,5,7,9);1H4. The van der Waals surface area contributed by atoms with Gasteiger partial charge < -0.3 is 0 Å². The van der Waals surface area contributed by atoms with E-state index in [1.807, 2.05) is 0 Å². The third kappa shape index (κ3) is 3.59. The van der Waals surface area contributed by atoms with Gasteiger partial charge in [-0.25, -0.2) is 4.79 Å². The van der Waals surface area contributed by atoms with E-state index in [1.54, 1.807) is 5.32 Å². The lowest BCUT2D eigenvalue weighted by atomic mass is 10.8. The molecule has 0 aliphatic heterocycles. The van der Waals surface area contributed by atoms with Gasteiger partial charge in [-0.05, 0) is 0 Å². The molecule has 1 N–H and O–H groups in total. The first-order chi connectivity index (χ1) is 4.22. The third-order valence-corrected chi connectivity index (χ3v) is 0.661. The van der Waals surface area contributed by atoms with Crippen LogP contribution in [-0.4, -0.2) is 30.8 Å². The highest BCUT2D eigenvalue weighted by atomic mass is 16.2. The highest BCUT2D eigenvalue weighted by Gasteiger charge is 2.02. The van der Waals surface area contributed by atoms with Crippen molar-refractivity contribution in [1.82, 2.24) is 10.2 Å². The molecule has 10 heavy (non-hydrogen) atoms. The van der Waals surface area contributed by atoms with Crippen molar-refractivity contribution in [1.29, 1.82) is 0 Å². The molecule has 0 bridgehead atoms. The maximum absolute atomic E-state index is 10.3. The number of rotatable bonds is 2. The van der Waals surface area contributed by atoms with Gasteiger partial charge in [-0.15, -0.1) is 0 Å². The second-order valence-corrected chi connectivity index (χ2v) is 1.28. The van der Waals surface area contributed by atoms with Gasteiger partial charge in [0.15, 0.2) is 0 Å². The maximum Gasteiger partial charge on any atom is 0.330 e. The van der Waals surface area contributed by atoms with E-state index in [1.165, 1.54) is 7.05 Å². The lowest BCUT2D eigenvalue weighted by Gasteiger charge is -2.04. The van der Waals surface area contributed by atoms with E-state index < -0.39 is 6.03 Å². The SMILES string of the molecule is C.CN(C=O)C(=O)NC=O. The molecule has 5 heteroatoms. The van der Waals surface area contributed by atoms with Gasteiger partial charge in [-0.2, -0.15) is 0 Å². The number of carbonyl (C=O) groups excluding carboxylic acids is 3. The second-order valence-electron chi connectivity index (χ2n) is 1.28. The topological polar surface area (TPSA) is 66.5 Å². The molecule has 0 spiro atoms. The zero-order valence-electron chi connectivity index (χ0n) is 4.83. The van der Waals surface area contributed by atoms with E-state index in [0.29, 0.717) is 11.3 Å². The zero-order valence-corrected chi connectivity index (χ0v) is 4.83. The third-order valence-electron chi connectivity index (χ3n) is 0.661. The fourth-order valence-corrected chi connectivity index (χ4v) is 0.200. The lowest BCUT2D eigenvalue weighted by molar-refractivity contribution is -0.114. The summed E-state index contributed by atoms with van der Waals surface area (Å²) in [6.45, 7) is 0. The van der Waals surface area contributed by atoms with Crippen LogP contribution in [0.2, 0.25) is 0 Å². The van der Waals surface area contributed by atoms with Gasteiger partial charge in [0.25, 0.3) is 0 Å². The quantitative estimate of drug-likeness (QED) is 0.538. The molecule has 0 atom stereocenters. The number of nitrogens with one attached hydrogen (secondary N) is 1. The predicted molar refractivity (Wildman–Crippen MR) is 35.2 cm³/mol. The molecule has 0 aromatic carbocycles. The van der Waals surface area contributed by atoms with E-state index in [-0.39, 0.29) is 13.8 Å². The molecule has 0 rings (SSSR count). The molecule has 0 saturated heterocycles. The van der Waals surface area contributed by atoms with Gasteiger partial charge in [0.1, 0.15) is 0 Å². The van der Waals surface area contributed by atoms with Gasteiger partial charge in [0, 0.05) is 7.05 Å². The number of amides is 4. The summed E-state index contributed by atoms with van der Waals surface area (Å²) in [5.41, 5.74) is 0. The van der Waals surface area contributed by atoms with Crippen LogP contribution in [0, 0.1) is 0 Å². The van der Waals surface area contributed by atoms with Crippen LogP contribution in [0.15, 0.2) is 0 Å². The van der Waals surface area contributed by atoms with Gasteiger partial charge >= 0.3 is 6.03 Å². The van der Waals surface area contributed by atoms with Crippen LogP contribution in [0.4, 0.5) is 4.79 Å². The average Bonchev–Trinajstić information content (AvgIpc) is 1.87. The normalized spacial score (nSPS) is 6.90. The van der Waals surface area contributed by atoms with Crippen molar-refractivity contribution in [2.24, 2.45) is 0 Å². The Bertz CT molecular complexity index is 135. The highest BCUT2D eigenvalue weighted by molar-refractivity contribution is 5.90. The minimum Gasteiger partial charge on any atom is -0.280 e. The minimum absolute atomic E-state index is 0. The Morgan fingerprint density at radius 1 is 1.50 bits per heavy atom. The predicted octanol–water partition coefficient (Wildman–Crippen LogP) is -0.423. The molecule has 0 saturated carbocycles. The Labute approximate surface area is 59.0 Å². The number of hydrogen-bond acceptors (Lipinski definition) is 3. The summed E-state index contributed by atoms with van der Waals surface area (Å²) < 4.78 is 0. The number of hydrogen-bond donors (Lipinski definition) is 1. The summed E-state index contributed by atoms with van der Waals surface area (Å²) in [6, 6.07) is -0.736. The van der Waals surface area contributed by atoms with Crippen molar-refractivity contribution < 1.29 is 14.4 Å². The molecule has 0 aliphatic carbocycles. The van der Waals surface area contributed by atoms with Crippen molar-refractivity contribution in [2.45, 2.75) is 7.43 Å². The molecular weight excluding hydrogens is 136 g/mol. The molecule has 4 amide bonds. The monoisotopic (exact) mass is 146 g/mol. The van der Waals surface area contributed by atoms with Crippen molar-refractivity contribution in [3.05, 3.63) is 0 Å². The van der Waals surface area contributed by atoms with Crippen LogP contribution >= 0.6 is 0 Å². The Kier molecular flexibility index (Phi) is 6.55. The summed E-state index contributed by atoms with van der Waals surface area (Å²) in [7, 11) is 1.24. The van der Waals surface area contributed by atoms with E-state index >= 15 is 0 Å². The average molecular weight is 146 g/mol. The van der Waals surface area contributed by atoms with E-state index in [2.05, 4.69) is 0 Å². The fourth-order valence-electron chi connectivity index (χ4n) is 0.200. The van der Waals surface area contributed by atoms with Crippen LogP contribution in [0.25, 0.3) is 0 Å².